The number of rotatable bonds is 5. The molecule has 0 aliphatic rings. The van der Waals surface area contributed by atoms with Crippen molar-refractivity contribution in [2.45, 2.75) is 25.7 Å². The number of hydrogen-bond acceptors (Lipinski definition) is 2. The SMILES string of the molecule is NNC(=O)CCCCc1ccccc1F. The number of aryl methyl sites for hydroxylation is 1. The highest BCUT2D eigenvalue weighted by Gasteiger charge is 2.01. The molecule has 0 saturated carbocycles. The topological polar surface area (TPSA) is 55.1 Å². The molecule has 15 heavy (non-hydrogen) atoms. The molecule has 0 spiro atoms. The van der Waals surface area contributed by atoms with Crippen LogP contribution in [-0.4, -0.2) is 5.91 Å². The summed E-state index contributed by atoms with van der Waals surface area (Å²) in [5.41, 5.74) is 2.76. The van der Waals surface area contributed by atoms with Crippen molar-refractivity contribution in [2.75, 3.05) is 0 Å². The zero-order chi connectivity index (χ0) is 11.1. The number of nitrogens with two attached hydrogens (primary N) is 1. The quantitative estimate of drug-likeness (QED) is 0.335. The maximum absolute atomic E-state index is 13.1. The number of nitrogens with one attached hydrogen (secondary N) is 1. The van der Waals surface area contributed by atoms with Crippen molar-refractivity contribution < 1.29 is 9.18 Å². The van der Waals surface area contributed by atoms with E-state index < -0.39 is 0 Å². The number of unbranched alkanes of at least 4 members (excludes halogenated alkanes) is 1. The van der Waals surface area contributed by atoms with Crippen molar-refractivity contribution in [1.29, 1.82) is 0 Å². The van der Waals surface area contributed by atoms with E-state index in [1.54, 1.807) is 12.1 Å². The lowest BCUT2D eigenvalue weighted by atomic mass is 10.1. The highest BCUT2D eigenvalue weighted by molar-refractivity contribution is 5.75. The lowest BCUT2D eigenvalue weighted by molar-refractivity contribution is -0.121. The summed E-state index contributed by atoms with van der Waals surface area (Å²) in [4.78, 5) is 10.8. The average molecular weight is 210 g/mol. The van der Waals surface area contributed by atoms with Gasteiger partial charge in [0.2, 0.25) is 5.91 Å². The maximum Gasteiger partial charge on any atom is 0.233 e. The van der Waals surface area contributed by atoms with Gasteiger partial charge in [-0.3, -0.25) is 10.2 Å². The average Bonchev–Trinajstić information content (AvgIpc) is 2.26. The van der Waals surface area contributed by atoms with Gasteiger partial charge >= 0.3 is 0 Å². The molecular formula is C11H15FN2O. The number of carbonyl (C=O) groups is 1. The van der Waals surface area contributed by atoms with Crippen LogP contribution in [0.2, 0.25) is 0 Å². The Morgan fingerprint density at radius 2 is 2.07 bits per heavy atom. The second-order valence-corrected chi connectivity index (χ2v) is 3.37. The lowest BCUT2D eigenvalue weighted by Gasteiger charge is -2.02. The van der Waals surface area contributed by atoms with Crippen LogP contribution in [0.3, 0.4) is 0 Å². The Bertz CT molecular complexity index is 328. The van der Waals surface area contributed by atoms with Crippen LogP contribution < -0.4 is 11.3 Å². The van der Waals surface area contributed by atoms with Crippen LogP contribution in [0.4, 0.5) is 4.39 Å². The minimum atomic E-state index is -0.180. The van der Waals surface area contributed by atoms with Crippen LogP contribution in [0.15, 0.2) is 24.3 Å². The highest BCUT2D eigenvalue weighted by atomic mass is 19.1. The van der Waals surface area contributed by atoms with E-state index in [1.165, 1.54) is 6.07 Å². The largest absolute Gasteiger partial charge is 0.294 e. The molecule has 1 aromatic rings. The fraction of sp³-hybridized carbons (Fsp3) is 0.364. The molecule has 0 unspecified atom stereocenters. The lowest BCUT2D eigenvalue weighted by Crippen LogP contribution is -2.29. The Kier molecular flexibility index (Phi) is 4.77. The molecule has 0 fully saturated rings. The van der Waals surface area contributed by atoms with Gasteiger partial charge in [0, 0.05) is 6.42 Å². The minimum Gasteiger partial charge on any atom is -0.294 e. The fourth-order valence-electron chi connectivity index (χ4n) is 1.37. The Labute approximate surface area is 88.4 Å². The van der Waals surface area contributed by atoms with E-state index in [4.69, 9.17) is 5.84 Å². The van der Waals surface area contributed by atoms with E-state index in [9.17, 15) is 9.18 Å². The van der Waals surface area contributed by atoms with Gasteiger partial charge in [-0.2, -0.15) is 0 Å². The molecule has 3 nitrogen and oxygen atoms in total. The third-order valence-corrected chi connectivity index (χ3v) is 2.22. The molecule has 0 aliphatic heterocycles. The summed E-state index contributed by atoms with van der Waals surface area (Å²) in [6, 6.07) is 6.69. The standard InChI is InChI=1S/C11H15FN2O/c12-10-7-3-1-5-9(10)6-2-4-8-11(15)14-13/h1,3,5,7H,2,4,6,8,13H2,(H,14,15). The molecular weight excluding hydrogens is 195 g/mol. The zero-order valence-corrected chi connectivity index (χ0v) is 8.50. The van der Waals surface area contributed by atoms with E-state index >= 15 is 0 Å². The first-order valence-electron chi connectivity index (χ1n) is 4.97. The molecule has 1 aromatic carbocycles. The third-order valence-electron chi connectivity index (χ3n) is 2.22. The molecule has 0 aromatic heterocycles. The van der Waals surface area contributed by atoms with Crippen LogP contribution in [0, 0.1) is 5.82 Å². The molecule has 82 valence electrons. The normalized spacial score (nSPS) is 10.0. The Morgan fingerprint density at radius 1 is 1.33 bits per heavy atom. The molecule has 0 saturated heterocycles. The van der Waals surface area contributed by atoms with Crippen molar-refractivity contribution in [3.63, 3.8) is 0 Å². The van der Waals surface area contributed by atoms with Crippen LogP contribution >= 0.6 is 0 Å². The van der Waals surface area contributed by atoms with Crippen LogP contribution in [0.25, 0.3) is 0 Å². The summed E-state index contributed by atoms with van der Waals surface area (Å²) in [5, 5.41) is 0. The second kappa shape index (κ2) is 6.14. The van der Waals surface area contributed by atoms with Crippen LogP contribution in [0.1, 0.15) is 24.8 Å². The highest BCUT2D eigenvalue weighted by Crippen LogP contribution is 2.10. The van der Waals surface area contributed by atoms with Gasteiger partial charge < -0.3 is 0 Å². The Morgan fingerprint density at radius 3 is 2.73 bits per heavy atom. The monoisotopic (exact) mass is 210 g/mol. The number of benzene rings is 1. The van der Waals surface area contributed by atoms with Crippen molar-refractivity contribution in [3.8, 4) is 0 Å². The molecule has 0 atom stereocenters. The van der Waals surface area contributed by atoms with Gasteiger partial charge in [-0.1, -0.05) is 18.2 Å². The molecule has 0 bridgehead atoms. The summed E-state index contributed by atoms with van der Waals surface area (Å²) in [6.45, 7) is 0. The van der Waals surface area contributed by atoms with Crippen LogP contribution in [0.5, 0.6) is 0 Å². The Balaban J connectivity index is 2.26. The van der Waals surface area contributed by atoms with Gasteiger partial charge in [0.05, 0.1) is 0 Å². The van der Waals surface area contributed by atoms with E-state index in [2.05, 4.69) is 5.43 Å². The molecule has 0 aliphatic carbocycles. The van der Waals surface area contributed by atoms with Gasteiger partial charge in [0.1, 0.15) is 5.82 Å². The minimum absolute atomic E-state index is 0.177. The fourth-order valence-corrected chi connectivity index (χ4v) is 1.37. The van der Waals surface area contributed by atoms with Gasteiger partial charge in [0.15, 0.2) is 0 Å². The summed E-state index contributed by atoms with van der Waals surface area (Å²) < 4.78 is 13.1. The molecule has 0 heterocycles. The second-order valence-electron chi connectivity index (χ2n) is 3.37. The third kappa shape index (κ3) is 4.08. The predicted octanol–water partition coefficient (Wildman–Crippen LogP) is 1.53. The first-order valence-corrected chi connectivity index (χ1v) is 4.97. The first-order chi connectivity index (χ1) is 7.24. The summed E-state index contributed by atoms with van der Waals surface area (Å²) in [6.07, 6.45) is 2.56. The van der Waals surface area contributed by atoms with Crippen molar-refractivity contribution in [2.24, 2.45) is 5.84 Å². The zero-order valence-electron chi connectivity index (χ0n) is 8.50. The van der Waals surface area contributed by atoms with Gasteiger partial charge in [-0.25, -0.2) is 10.2 Å². The van der Waals surface area contributed by atoms with Gasteiger partial charge in [0.25, 0.3) is 0 Å². The van der Waals surface area contributed by atoms with Crippen molar-refractivity contribution in [3.05, 3.63) is 35.6 Å². The van der Waals surface area contributed by atoms with Gasteiger partial charge in [-0.05, 0) is 30.9 Å². The predicted molar refractivity (Wildman–Crippen MR) is 56.3 cm³/mol. The number of hydrazine groups is 1. The van der Waals surface area contributed by atoms with Gasteiger partial charge in [-0.15, -0.1) is 0 Å². The smallest absolute Gasteiger partial charge is 0.233 e. The molecule has 1 rings (SSSR count). The first kappa shape index (κ1) is 11.7. The number of halogens is 1. The van der Waals surface area contributed by atoms with Crippen molar-refractivity contribution in [1.82, 2.24) is 5.43 Å². The summed E-state index contributed by atoms with van der Waals surface area (Å²) in [5.74, 6) is 4.57. The molecule has 4 heteroatoms. The summed E-state index contributed by atoms with van der Waals surface area (Å²) >= 11 is 0. The van der Waals surface area contributed by atoms with E-state index in [-0.39, 0.29) is 11.7 Å². The number of amides is 1. The number of hydrogen-bond donors (Lipinski definition) is 2. The van der Waals surface area contributed by atoms with E-state index in [0.29, 0.717) is 18.4 Å². The molecule has 3 N–H and O–H groups in total. The maximum atomic E-state index is 13.1. The summed E-state index contributed by atoms with van der Waals surface area (Å²) in [7, 11) is 0. The molecule has 0 radical (unpaired) electrons. The number of carbonyl (C=O) groups excluding carboxylic acids is 1. The molecule has 1 amide bonds. The van der Waals surface area contributed by atoms with Crippen LogP contribution in [-0.2, 0) is 11.2 Å². The Hall–Kier alpha value is -1.42. The van der Waals surface area contributed by atoms with E-state index in [0.717, 1.165) is 12.8 Å². The van der Waals surface area contributed by atoms with Crippen molar-refractivity contribution >= 4 is 5.91 Å². The van der Waals surface area contributed by atoms with E-state index in [1.807, 2.05) is 6.07 Å².